The average Bonchev–Trinajstić information content (AvgIpc) is 2.73. The SMILES string of the molecule is Cc1nc(N[C@H](C)c2cccc(C(F)F)c2F)c2cc(C3CCNCC3)c(=O)[nH]c2n1. The molecule has 1 atom stereocenters. The first-order valence-corrected chi connectivity index (χ1v) is 10.3. The molecule has 3 N–H and O–H groups in total. The van der Waals surface area contributed by atoms with Gasteiger partial charge in [-0.25, -0.2) is 23.1 Å². The van der Waals surface area contributed by atoms with Crippen LogP contribution in [-0.2, 0) is 0 Å². The number of benzene rings is 1. The van der Waals surface area contributed by atoms with Gasteiger partial charge in [0.2, 0.25) is 0 Å². The normalized spacial score (nSPS) is 16.1. The van der Waals surface area contributed by atoms with E-state index in [-0.39, 0.29) is 17.0 Å². The Kier molecular flexibility index (Phi) is 5.95. The van der Waals surface area contributed by atoms with Crippen molar-refractivity contribution in [1.82, 2.24) is 20.3 Å². The van der Waals surface area contributed by atoms with Crippen molar-refractivity contribution in [2.75, 3.05) is 18.4 Å². The van der Waals surface area contributed by atoms with Crippen molar-refractivity contribution in [3.05, 3.63) is 63.0 Å². The van der Waals surface area contributed by atoms with Crippen molar-refractivity contribution in [3.63, 3.8) is 0 Å². The number of aromatic amines is 1. The molecule has 9 heteroatoms. The Bertz CT molecular complexity index is 1160. The Balaban J connectivity index is 1.75. The van der Waals surface area contributed by atoms with Crippen molar-refractivity contribution in [1.29, 1.82) is 0 Å². The molecular formula is C22H24F3N5O. The zero-order chi connectivity index (χ0) is 22.1. The monoisotopic (exact) mass is 431 g/mol. The maximum absolute atomic E-state index is 14.6. The quantitative estimate of drug-likeness (QED) is 0.560. The second-order valence-electron chi connectivity index (χ2n) is 7.88. The number of fused-ring (bicyclic) bond motifs is 1. The van der Waals surface area contributed by atoms with E-state index in [4.69, 9.17) is 0 Å². The number of nitrogens with one attached hydrogen (secondary N) is 3. The molecule has 164 valence electrons. The van der Waals surface area contributed by atoms with Gasteiger partial charge in [-0.05, 0) is 51.8 Å². The average molecular weight is 431 g/mol. The highest BCUT2D eigenvalue weighted by atomic mass is 19.3. The number of hydrogen-bond acceptors (Lipinski definition) is 5. The number of nitrogens with zero attached hydrogens (tertiary/aromatic N) is 2. The molecule has 1 aromatic carbocycles. The minimum atomic E-state index is -2.90. The molecule has 2 aromatic heterocycles. The van der Waals surface area contributed by atoms with E-state index < -0.39 is 23.8 Å². The number of rotatable bonds is 5. The van der Waals surface area contributed by atoms with Gasteiger partial charge in [0.1, 0.15) is 23.1 Å². The molecule has 1 saturated heterocycles. The molecule has 0 spiro atoms. The van der Waals surface area contributed by atoms with Crippen molar-refractivity contribution in [2.45, 2.75) is 45.1 Å². The van der Waals surface area contributed by atoms with Crippen LogP contribution in [0.15, 0.2) is 29.1 Å². The summed E-state index contributed by atoms with van der Waals surface area (Å²) in [6, 6.07) is 5.12. The summed E-state index contributed by atoms with van der Waals surface area (Å²) in [6.45, 7) is 5.05. The summed E-state index contributed by atoms with van der Waals surface area (Å²) in [5.41, 5.74) is 0.361. The smallest absolute Gasteiger partial charge is 0.266 e. The van der Waals surface area contributed by atoms with E-state index in [9.17, 15) is 18.0 Å². The summed E-state index contributed by atoms with van der Waals surface area (Å²) in [4.78, 5) is 24.3. The molecule has 31 heavy (non-hydrogen) atoms. The fourth-order valence-corrected chi connectivity index (χ4v) is 4.11. The third-order valence-corrected chi connectivity index (χ3v) is 5.74. The first-order valence-electron chi connectivity index (χ1n) is 10.3. The minimum Gasteiger partial charge on any atom is -0.363 e. The Morgan fingerprint density at radius 1 is 1.16 bits per heavy atom. The molecule has 1 aliphatic rings. The van der Waals surface area contributed by atoms with Gasteiger partial charge in [0, 0.05) is 11.1 Å². The second-order valence-corrected chi connectivity index (χ2v) is 7.88. The third kappa shape index (κ3) is 4.27. The molecule has 6 nitrogen and oxygen atoms in total. The lowest BCUT2D eigenvalue weighted by atomic mass is 9.90. The molecule has 1 fully saturated rings. The number of halogens is 3. The summed E-state index contributed by atoms with van der Waals surface area (Å²) in [7, 11) is 0. The first-order chi connectivity index (χ1) is 14.8. The van der Waals surface area contributed by atoms with Gasteiger partial charge in [0.25, 0.3) is 12.0 Å². The predicted molar refractivity (Wildman–Crippen MR) is 113 cm³/mol. The van der Waals surface area contributed by atoms with Crippen LogP contribution < -0.4 is 16.2 Å². The van der Waals surface area contributed by atoms with Gasteiger partial charge >= 0.3 is 0 Å². The third-order valence-electron chi connectivity index (χ3n) is 5.74. The van der Waals surface area contributed by atoms with E-state index in [2.05, 4.69) is 25.6 Å². The van der Waals surface area contributed by atoms with Crippen LogP contribution in [0.5, 0.6) is 0 Å². The number of piperidine rings is 1. The van der Waals surface area contributed by atoms with Crippen molar-refractivity contribution >= 4 is 16.9 Å². The van der Waals surface area contributed by atoms with Gasteiger partial charge in [-0.2, -0.15) is 0 Å². The highest BCUT2D eigenvalue weighted by Crippen LogP contribution is 2.31. The lowest BCUT2D eigenvalue weighted by Crippen LogP contribution is -2.29. The van der Waals surface area contributed by atoms with Crippen LogP contribution in [0.25, 0.3) is 11.0 Å². The van der Waals surface area contributed by atoms with Crippen LogP contribution >= 0.6 is 0 Å². The zero-order valence-electron chi connectivity index (χ0n) is 17.3. The second kappa shape index (κ2) is 8.66. The van der Waals surface area contributed by atoms with Gasteiger partial charge in [0.15, 0.2) is 0 Å². The predicted octanol–water partition coefficient (Wildman–Crippen LogP) is 4.34. The minimum absolute atomic E-state index is 0.116. The van der Waals surface area contributed by atoms with Crippen molar-refractivity contribution < 1.29 is 13.2 Å². The molecule has 0 saturated carbocycles. The summed E-state index contributed by atoms with van der Waals surface area (Å²) < 4.78 is 40.8. The number of aryl methyl sites for hydroxylation is 1. The maximum Gasteiger partial charge on any atom is 0.266 e. The van der Waals surface area contributed by atoms with Crippen LogP contribution in [0.3, 0.4) is 0 Å². The number of pyridine rings is 1. The summed E-state index contributed by atoms with van der Waals surface area (Å²) in [6.07, 6.45) is -1.19. The summed E-state index contributed by atoms with van der Waals surface area (Å²) in [5.74, 6) is 0.0371. The molecule has 0 unspecified atom stereocenters. The topological polar surface area (TPSA) is 82.7 Å². The van der Waals surface area contributed by atoms with Gasteiger partial charge in [-0.3, -0.25) is 4.79 Å². The molecule has 3 heterocycles. The Labute approximate surface area is 177 Å². The van der Waals surface area contributed by atoms with Crippen LogP contribution in [0.4, 0.5) is 19.0 Å². The molecule has 0 bridgehead atoms. The molecule has 0 radical (unpaired) electrons. The molecule has 0 amide bonds. The van der Waals surface area contributed by atoms with Gasteiger partial charge in [-0.1, -0.05) is 18.2 Å². The Morgan fingerprint density at radius 3 is 2.58 bits per heavy atom. The number of anilines is 1. The molecular weight excluding hydrogens is 407 g/mol. The fraction of sp³-hybridized carbons (Fsp3) is 0.409. The largest absolute Gasteiger partial charge is 0.363 e. The van der Waals surface area contributed by atoms with E-state index in [1.807, 2.05) is 0 Å². The summed E-state index contributed by atoms with van der Waals surface area (Å²) in [5, 5.41) is 7.02. The van der Waals surface area contributed by atoms with Crippen molar-refractivity contribution in [2.24, 2.45) is 0 Å². The Hall–Kier alpha value is -2.94. The van der Waals surface area contributed by atoms with E-state index in [1.165, 1.54) is 12.1 Å². The lowest BCUT2D eigenvalue weighted by Gasteiger charge is -2.23. The highest BCUT2D eigenvalue weighted by molar-refractivity contribution is 5.87. The fourth-order valence-electron chi connectivity index (χ4n) is 4.11. The first kappa shape index (κ1) is 21.3. The standard InChI is InChI=1S/C22H24F3N5O/c1-11(14-4-3-5-15(18(14)23)19(24)25)27-20-17-10-16(13-6-8-26-9-7-13)22(31)30-21(17)29-12(2)28-20/h3-5,10-11,13,19,26H,6-9H2,1-2H3,(H2,27,28,29,30,31)/t11-/m1/s1. The van der Waals surface area contributed by atoms with Gasteiger partial charge < -0.3 is 15.6 Å². The van der Waals surface area contributed by atoms with Gasteiger partial charge in [-0.15, -0.1) is 0 Å². The summed E-state index contributed by atoms with van der Waals surface area (Å²) >= 11 is 0. The van der Waals surface area contributed by atoms with Gasteiger partial charge in [0.05, 0.1) is 17.0 Å². The van der Waals surface area contributed by atoms with Crippen LogP contribution in [-0.4, -0.2) is 28.0 Å². The number of hydrogen-bond donors (Lipinski definition) is 3. The molecule has 1 aliphatic heterocycles. The molecule has 3 aromatic rings. The van der Waals surface area contributed by atoms with E-state index in [1.54, 1.807) is 19.9 Å². The molecule has 4 rings (SSSR count). The number of aromatic nitrogens is 3. The number of H-pyrrole nitrogens is 1. The molecule has 0 aliphatic carbocycles. The maximum atomic E-state index is 14.6. The Morgan fingerprint density at radius 2 is 1.87 bits per heavy atom. The van der Waals surface area contributed by atoms with E-state index >= 15 is 0 Å². The van der Waals surface area contributed by atoms with E-state index in [0.29, 0.717) is 28.2 Å². The van der Waals surface area contributed by atoms with Crippen molar-refractivity contribution in [3.8, 4) is 0 Å². The zero-order valence-corrected chi connectivity index (χ0v) is 17.3. The van der Waals surface area contributed by atoms with E-state index in [0.717, 1.165) is 32.0 Å². The van der Waals surface area contributed by atoms with Crippen LogP contribution in [0.1, 0.15) is 60.7 Å². The number of alkyl halides is 2. The van der Waals surface area contributed by atoms with Crippen LogP contribution in [0.2, 0.25) is 0 Å². The lowest BCUT2D eigenvalue weighted by molar-refractivity contribution is 0.146. The highest BCUT2D eigenvalue weighted by Gasteiger charge is 2.22. The van der Waals surface area contributed by atoms with Crippen LogP contribution in [0, 0.1) is 12.7 Å².